The van der Waals surface area contributed by atoms with Gasteiger partial charge in [-0.3, -0.25) is 4.79 Å². The minimum absolute atomic E-state index is 0.251. The van der Waals surface area contributed by atoms with Gasteiger partial charge < -0.3 is 10.1 Å². The molecular weight excluding hydrogens is 254 g/mol. The normalized spacial score (nSPS) is 12.7. The summed E-state index contributed by atoms with van der Waals surface area (Å²) in [5.41, 5.74) is 1.83. The van der Waals surface area contributed by atoms with E-state index >= 15 is 0 Å². The summed E-state index contributed by atoms with van der Waals surface area (Å²) in [7, 11) is 0. The summed E-state index contributed by atoms with van der Waals surface area (Å²) in [5.74, 6) is -0.684. The largest absolute Gasteiger partial charge is 0.458 e. The van der Waals surface area contributed by atoms with Gasteiger partial charge in [0, 0.05) is 5.56 Å². The molecule has 1 atom stereocenters. The van der Waals surface area contributed by atoms with Crippen LogP contribution in [-0.4, -0.2) is 23.5 Å². The molecule has 0 heterocycles. The van der Waals surface area contributed by atoms with Gasteiger partial charge >= 0.3 is 5.97 Å². The lowest BCUT2D eigenvalue weighted by Gasteiger charge is -2.23. The van der Waals surface area contributed by atoms with E-state index in [0.717, 1.165) is 11.1 Å². The van der Waals surface area contributed by atoms with Gasteiger partial charge in [0.1, 0.15) is 11.6 Å². The van der Waals surface area contributed by atoms with Crippen LogP contribution in [-0.2, 0) is 9.53 Å². The molecule has 1 N–H and O–H groups in total. The molecule has 0 aliphatic carbocycles. The first-order chi connectivity index (χ1) is 9.11. The van der Waals surface area contributed by atoms with E-state index < -0.39 is 17.6 Å². The zero-order valence-corrected chi connectivity index (χ0v) is 13.0. The number of aryl methyl sites for hydroxylation is 2. The van der Waals surface area contributed by atoms with Crippen LogP contribution in [0.3, 0.4) is 0 Å². The monoisotopic (exact) mass is 277 g/mol. The van der Waals surface area contributed by atoms with Crippen LogP contribution in [0, 0.1) is 13.8 Å². The van der Waals surface area contributed by atoms with Crippen molar-refractivity contribution in [1.29, 1.82) is 0 Å². The van der Waals surface area contributed by atoms with E-state index in [1.165, 1.54) is 0 Å². The minimum atomic E-state index is -0.680. The van der Waals surface area contributed by atoms with Crippen molar-refractivity contribution < 1.29 is 14.3 Å². The first kappa shape index (κ1) is 16.2. The number of hydrogen-bond acceptors (Lipinski definition) is 3. The molecule has 1 rings (SSSR count). The molecule has 0 unspecified atom stereocenters. The van der Waals surface area contributed by atoms with Crippen LogP contribution in [0.1, 0.15) is 49.2 Å². The van der Waals surface area contributed by atoms with Crippen molar-refractivity contribution >= 4 is 11.9 Å². The molecule has 0 aromatic heterocycles. The van der Waals surface area contributed by atoms with Gasteiger partial charge in [-0.15, -0.1) is 0 Å². The Labute approximate surface area is 120 Å². The highest BCUT2D eigenvalue weighted by molar-refractivity contribution is 5.99. The van der Waals surface area contributed by atoms with Crippen LogP contribution < -0.4 is 5.32 Å². The van der Waals surface area contributed by atoms with Crippen molar-refractivity contribution in [2.24, 2.45) is 0 Å². The third kappa shape index (κ3) is 4.37. The number of hydrogen-bond donors (Lipinski definition) is 1. The molecule has 0 bridgehead atoms. The average molecular weight is 277 g/mol. The molecule has 4 nitrogen and oxygen atoms in total. The summed E-state index contributed by atoms with van der Waals surface area (Å²) in [6, 6.07) is 4.97. The zero-order valence-electron chi connectivity index (χ0n) is 13.0. The molecule has 0 saturated heterocycles. The van der Waals surface area contributed by atoms with Gasteiger partial charge in [-0.2, -0.15) is 0 Å². The maximum Gasteiger partial charge on any atom is 0.328 e. The Morgan fingerprint density at radius 3 is 2.10 bits per heavy atom. The number of amides is 1. The molecule has 0 aliphatic heterocycles. The Bertz CT molecular complexity index is 495. The molecule has 0 aliphatic rings. The van der Waals surface area contributed by atoms with Crippen LogP contribution in [0.5, 0.6) is 0 Å². The predicted octanol–water partition coefficient (Wildman–Crippen LogP) is 2.76. The number of esters is 1. The van der Waals surface area contributed by atoms with Crippen molar-refractivity contribution in [3.63, 3.8) is 0 Å². The van der Waals surface area contributed by atoms with E-state index in [-0.39, 0.29) is 5.91 Å². The van der Waals surface area contributed by atoms with Gasteiger partial charge in [0.25, 0.3) is 5.91 Å². The van der Waals surface area contributed by atoms with Crippen molar-refractivity contribution in [2.75, 3.05) is 0 Å². The maximum atomic E-state index is 12.2. The highest BCUT2D eigenvalue weighted by Gasteiger charge is 2.24. The van der Waals surface area contributed by atoms with Gasteiger partial charge in [0.05, 0.1) is 0 Å². The first-order valence-electron chi connectivity index (χ1n) is 6.72. The minimum Gasteiger partial charge on any atom is -0.458 e. The van der Waals surface area contributed by atoms with Crippen molar-refractivity contribution in [2.45, 2.75) is 53.2 Å². The van der Waals surface area contributed by atoms with E-state index in [0.29, 0.717) is 5.56 Å². The maximum absolute atomic E-state index is 12.2. The number of benzene rings is 1. The lowest BCUT2D eigenvalue weighted by atomic mass is 10.0. The molecule has 1 aromatic rings. The second kappa shape index (κ2) is 6.07. The fourth-order valence-electron chi connectivity index (χ4n) is 1.89. The molecule has 0 fully saturated rings. The van der Waals surface area contributed by atoms with E-state index in [4.69, 9.17) is 4.74 Å². The Morgan fingerprint density at radius 2 is 1.65 bits per heavy atom. The van der Waals surface area contributed by atoms with Gasteiger partial charge in [-0.1, -0.05) is 18.2 Å². The van der Waals surface area contributed by atoms with Gasteiger partial charge in [-0.05, 0) is 52.7 Å². The summed E-state index contributed by atoms with van der Waals surface area (Å²) in [4.78, 5) is 24.1. The second-order valence-corrected chi connectivity index (χ2v) is 6.00. The zero-order chi connectivity index (χ0) is 15.5. The number of ether oxygens (including phenoxy) is 1. The van der Waals surface area contributed by atoms with Crippen LogP contribution in [0.2, 0.25) is 0 Å². The molecule has 20 heavy (non-hydrogen) atoms. The lowest BCUT2D eigenvalue weighted by molar-refractivity contribution is -0.156. The topological polar surface area (TPSA) is 55.4 Å². The fraction of sp³-hybridized carbons (Fsp3) is 0.500. The van der Waals surface area contributed by atoms with E-state index in [1.807, 2.05) is 32.0 Å². The van der Waals surface area contributed by atoms with Crippen molar-refractivity contribution in [1.82, 2.24) is 5.32 Å². The molecule has 0 spiro atoms. The first-order valence-corrected chi connectivity index (χ1v) is 6.72. The highest BCUT2D eigenvalue weighted by Crippen LogP contribution is 2.14. The molecule has 1 amide bonds. The average Bonchev–Trinajstić information content (AvgIpc) is 2.26. The quantitative estimate of drug-likeness (QED) is 0.864. The summed E-state index contributed by atoms with van der Waals surface area (Å²) in [6.07, 6.45) is 0. The molecule has 110 valence electrons. The Balaban J connectivity index is 2.78. The smallest absolute Gasteiger partial charge is 0.328 e. The van der Waals surface area contributed by atoms with E-state index in [2.05, 4.69) is 5.32 Å². The summed E-state index contributed by atoms with van der Waals surface area (Å²) >= 11 is 0. The van der Waals surface area contributed by atoms with Crippen molar-refractivity contribution in [3.8, 4) is 0 Å². The third-order valence-electron chi connectivity index (χ3n) is 2.82. The number of carbonyl (C=O) groups is 2. The second-order valence-electron chi connectivity index (χ2n) is 6.00. The van der Waals surface area contributed by atoms with E-state index in [1.54, 1.807) is 27.7 Å². The Kier molecular flexibility index (Phi) is 4.93. The van der Waals surface area contributed by atoms with Gasteiger partial charge in [0.2, 0.25) is 0 Å². The number of nitrogens with one attached hydrogen (secondary N) is 1. The molecule has 0 radical (unpaired) electrons. The summed E-state index contributed by atoms with van der Waals surface area (Å²) in [5, 5.41) is 2.69. The Hall–Kier alpha value is -1.84. The Morgan fingerprint density at radius 1 is 1.15 bits per heavy atom. The van der Waals surface area contributed by atoms with Crippen LogP contribution in [0.4, 0.5) is 0 Å². The molecule has 0 saturated carbocycles. The van der Waals surface area contributed by atoms with Crippen molar-refractivity contribution in [3.05, 3.63) is 34.9 Å². The van der Waals surface area contributed by atoms with E-state index in [9.17, 15) is 9.59 Å². The van der Waals surface area contributed by atoms with Crippen LogP contribution in [0.15, 0.2) is 18.2 Å². The fourth-order valence-corrected chi connectivity index (χ4v) is 1.89. The third-order valence-corrected chi connectivity index (χ3v) is 2.82. The predicted molar refractivity (Wildman–Crippen MR) is 78.7 cm³/mol. The SMILES string of the molecule is Cc1cccc(C)c1C(=O)N[C@@H](C)C(=O)OC(C)(C)C. The molecular formula is C16H23NO3. The standard InChI is InChI=1S/C16H23NO3/c1-10-8-7-9-11(2)13(10)14(18)17-12(3)15(19)20-16(4,5)6/h7-9,12H,1-6H3,(H,17,18)/t12-/m0/s1. The molecule has 1 aromatic carbocycles. The van der Waals surface area contributed by atoms with Crippen LogP contribution in [0.25, 0.3) is 0 Å². The summed E-state index contributed by atoms with van der Waals surface area (Å²) in [6.45, 7) is 10.8. The highest BCUT2D eigenvalue weighted by atomic mass is 16.6. The van der Waals surface area contributed by atoms with Crippen LogP contribution >= 0.6 is 0 Å². The molecule has 4 heteroatoms. The summed E-state index contributed by atoms with van der Waals surface area (Å²) < 4.78 is 5.24. The van der Waals surface area contributed by atoms with Gasteiger partial charge in [0.15, 0.2) is 0 Å². The number of rotatable bonds is 3. The van der Waals surface area contributed by atoms with Gasteiger partial charge in [-0.25, -0.2) is 4.79 Å². The lowest BCUT2D eigenvalue weighted by Crippen LogP contribution is -2.42. The number of carbonyl (C=O) groups excluding carboxylic acids is 2.